The van der Waals surface area contributed by atoms with Gasteiger partial charge in [0.15, 0.2) is 6.10 Å². The number of carbonyl (C=O) groups excluding carboxylic acids is 1. The fraction of sp³-hybridized carbons (Fsp3) is 0.300. The average Bonchev–Trinajstić information content (AvgIpc) is 2.96. The van der Waals surface area contributed by atoms with Gasteiger partial charge in [0.1, 0.15) is 6.10 Å². The van der Waals surface area contributed by atoms with Crippen molar-refractivity contribution < 1.29 is 22.7 Å². The number of Topliss-reactive ketones (excluding diaryl/α,β-unsaturated/α-hetero) is 1. The summed E-state index contributed by atoms with van der Waals surface area (Å²) in [6.45, 7) is 0. The summed E-state index contributed by atoms with van der Waals surface area (Å²) in [6.07, 6.45) is -6.90. The molecule has 0 saturated carbocycles. The lowest BCUT2D eigenvalue weighted by atomic mass is 10.1. The first-order chi connectivity index (χ1) is 7.00. The quantitative estimate of drug-likeness (QED) is 0.709. The maximum atomic E-state index is 12.0. The van der Waals surface area contributed by atoms with E-state index in [0.29, 0.717) is 5.56 Å². The van der Waals surface area contributed by atoms with Crippen molar-refractivity contribution in [2.45, 2.75) is 18.4 Å². The summed E-state index contributed by atoms with van der Waals surface area (Å²) >= 11 is 0. The summed E-state index contributed by atoms with van der Waals surface area (Å²) in [5.74, 6) is -1.81. The summed E-state index contributed by atoms with van der Waals surface area (Å²) in [5.41, 5.74) is 0.597. The number of ether oxygens (including phenoxy) is 1. The number of halogens is 3. The van der Waals surface area contributed by atoms with E-state index in [0.717, 1.165) is 0 Å². The first-order valence-corrected chi connectivity index (χ1v) is 4.31. The third-order valence-corrected chi connectivity index (χ3v) is 2.16. The van der Waals surface area contributed by atoms with Crippen molar-refractivity contribution in [3.8, 4) is 0 Å². The van der Waals surface area contributed by atoms with Gasteiger partial charge in [-0.15, -0.1) is 0 Å². The van der Waals surface area contributed by atoms with Crippen molar-refractivity contribution in [1.82, 2.24) is 0 Å². The van der Waals surface area contributed by atoms with Gasteiger partial charge in [0.05, 0.1) is 0 Å². The number of benzene rings is 1. The van der Waals surface area contributed by atoms with Crippen molar-refractivity contribution >= 4 is 5.78 Å². The molecule has 0 amide bonds. The number of rotatable bonds is 2. The molecule has 0 spiro atoms. The minimum Gasteiger partial charge on any atom is -0.356 e. The van der Waals surface area contributed by atoms with Gasteiger partial charge in [0, 0.05) is 0 Å². The Labute approximate surface area is 83.7 Å². The first kappa shape index (κ1) is 10.2. The average molecular weight is 216 g/mol. The van der Waals surface area contributed by atoms with E-state index in [-0.39, 0.29) is 0 Å². The van der Waals surface area contributed by atoms with Crippen LogP contribution in [0.25, 0.3) is 0 Å². The molecule has 15 heavy (non-hydrogen) atoms. The molecule has 0 aromatic heterocycles. The molecule has 2 rings (SSSR count). The van der Waals surface area contributed by atoms with Crippen LogP contribution in [0.1, 0.15) is 11.7 Å². The number of hydrogen-bond acceptors (Lipinski definition) is 2. The predicted octanol–water partition coefficient (Wildman–Crippen LogP) is 2.26. The van der Waals surface area contributed by atoms with Gasteiger partial charge in [-0.2, -0.15) is 13.2 Å². The second kappa shape index (κ2) is 3.34. The molecule has 80 valence electrons. The Morgan fingerprint density at radius 2 is 1.80 bits per heavy atom. The highest BCUT2D eigenvalue weighted by Crippen LogP contribution is 2.42. The van der Waals surface area contributed by atoms with E-state index >= 15 is 0 Å². The number of hydrogen-bond donors (Lipinski definition) is 0. The van der Waals surface area contributed by atoms with Crippen molar-refractivity contribution in [2.24, 2.45) is 0 Å². The molecule has 0 bridgehead atoms. The Balaban J connectivity index is 2.06. The monoisotopic (exact) mass is 216 g/mol. The molecule has 0 N–H and O–H groups in total. The van der Waals surface area contributed by atoms with Crippen LogP contribution in [-0.4, -0.2) is 18.1 Å². The molecule has 0 unspecified atom stereocenters. The van der Waals surface area contributed by atoms with E-state index in [2.05, 4.69) is 0 Å². The van der Waals surface area contributed by atoms with Crippen molar-refractivity contribution in [3.63, 3.8) is 0 Å². The summed E-state index contributed by atoms with van der Waals surface area (Å²) < 4.78 is 40.7. The maximum Gasteiger partial charge on any atom is 0.452 e. The molecule has 1 saturated heterocycles. The Bertz CT molecular complexity index is 372. The zero-order valence-electron chi connectivity index (χ0n) is 7.49. The second-order valence-corrected chi connectivity index (χ2v) is 3.25. The van der Waals surface area contributed by atoms with Crippen LogP contribution in [0.4, 0.5) is 13.2 Å². The van der Waals surface area contributed by atoms with Gasteiger partial charge in [-0.25, -0.2) is 0 Å². The molecule has 1 aromatic rings. The molecule has 0 aliphatic carbocycles. The minimum atomic E-state index is -4.81. The van der Waals surface area contributed by atoms with Gasteiger partial charge in [-0.3, -0.25) is 4.79 Å². The van der Waals surface area contributed by atoms with Crippen LogP contribution in [-0.2, 0) is 9.53 Å². The molecule has 1 aliphatic heterocycles. The Morgan fingerprint density at radius 1 is 1.20 bits per heavy atom. The van der Waals surface area contributed by atoms with E-state index in [1.54, 1.807) is 30.3 Å². The standard InChI is InChI=1S/C10H7F3O2/c11-10(12,13)9(14)8-7(15-8)6-4-2-1-3-5-6/h1-5,7-8H/t7-,8-/m1/s1. The molecule has 0 radical (unpaired) electrons. The summed E-state index contributed by atoms with van der Waals surface area (Å²) in [6, 6.07) is 8.38. The Hall–Kier alpha value is -1.36. The second-order valence-electron chi connectivity index (χ2n) is 3.25. The lowest BCUT2D eigenvalue weighted by molar-refractivity contribution is -0.172. The van der Waals surface area contributed by atoms with E-state index < -0.39 is 24.2 Å². The van der Waals surface area contributed by atoms with Gasteiger partial charge in [-0.1, -0.05) is 30.3 Å². The van der Waals surface area contributed by atoms with Crippen LogP contribution >= 0.6 is 0 Å². The minimum absolute atomic E-state index is 0.597. The van der Waals surface area contributed by atoms with Crippen LogP contribution in [0.5, 0.6) is 0 Å². The number of ketones is 1. The van der Waals surface area contributed by atoms with E-state index in [1.807, 2.05) is 0 Å². The fourth-order valence-corrected chi connectivity index (χ4v) is 1.37. The van der Waals surface area contributed by atoms with Crippen LogP contribution in [0.2, 0.25) is 0 Å². The van der Waals surface area contributed by atoms with Gasteiger partial charge in [-0.05, 0) is 5.56 Å². The highest BCUT2D eigenvalue weighted by atomic mass is 19.4. The summed E-state index contributed by atoms with van der Waals surface area (Å²) in [4.78, 5) is 10.8. The van der Waals surface area contributed by atoms with Crippen LogP contribution in [0, 0.1) is 0 Å². The van der Waals surface area contributed by atoms with E-state index in [4.69, 9.17) is 4.74 Å². The lowest BCUT2D eigenvalue weighted by Gasteiger charge is -2.00. The van der Waals surface area contributed by atoms with Gasteiger partial charge >= 0.3 is 6.18 Å². The zero-order chi connectivity index (χ0) is 11.1. The third kappa shape index (κ3) is 2.02. The Morgan fingerprint density at radius 3 is 2.33 bits per heavy atom. The topological polar surface area (TPSA) is 29.6 Å². The van der Waals surface area contributed by atoms with E-state index in [1.165, 1.54) is 0 Å². The molecule has 1 heterocycles. The molecule has 2 atom stereocenters. The molecule has 1 aliphatic rings. The molecule has 2 nitrogen and oxygen atoms in total. The molecule has 1 fully saturated rings. The molecular formula is C10H7F3O2. The van der Waals surface area contributed by atoms with Crippen LogP contribution in [0.3, 0.4) is 0 Å². The van der Waals surface area contributed by atoms with Crippen molar-refractivity contribution in [3.05, 3.63) is 35.9 Å². The lowest BCUT2D eigenvalue weighted by Crippen LogP contribution is -2.27. The summed E-state index contributed by atoms with van der Waals surface area (Å²) in [5, 5.41) is 0. The highest BCUT2D eigenvalue weighted by Gasteiger charge is 2.56. The Kier molecular flexibility index (Phi) is 2.26. The van der Waals surface area contributed by atoms with E-state index in [9.17, 15) is 18.0 Å². The van der Waals surface area contributed by atoms with Crippen molar-refractivity contribution in [1.29, 1.82) is 0 Å². The molecule has 5 heteroatoms. The fourth-order valence-electron chi connectivity index (χ4n) is 1.37. The number of epoxide rings is 1. The van der Waals surface area contributed by atoms with Crippen LogP contribution < -0.4 is 0 Å². The SMILES string of the molecule is O=C([C@@H]1O[C@@H]1c1ccccc1)C(F)(F)F. The third-order valence-electron chi connectivity index (χ3n) is 2.16. The van der Waals surface area contributed by atoms with Crippen molar-refractivity contribution in [2.75, 3.05) is 0 Å². The first-order valence-electron chi connectivity index (χ1n) is 4.31. The summed E-state index contributed by atoms with van der Waals surface area (Å²) in [7, 11) is 0. The highest BCUT2D eigenvalue weighted by molar-refractivity contribution is 5.90. The molecular weight excluding hydrogens is 209 g/mol. The van der Waals surface area contributed by atoms with Gasteiger partial charge in [0.2, 0.25) is 0 Å². The maximum absolute atomic E-state index is 12.0. The normalized spacial score (nSPS) is 25.0. The number of alkyl halides is 3. The van der Waals surface area contributed by atoms with Gasteiger partial charge in [0.25, 0.3) is 5.78 Å². The zero-order valence-corrected chi connectivity index (χ0v) is 7.49. The largest absolute Gasteiger partial charge is 0.452 e. The predicted molar refractivity (Wildman–Crippen MR) is 45.1 cm³/mol. The smallest absolute Gasteiger partial charge is 0.356 e. The van der Waals surface area contributed by atoms with Gasteiger partial charge < -0.3 is 4.74 Å². The number of carbonyl (C=O) groups is 1. The molecule has 1 aromatic carbocycles. The van der Waals surface area contributed by atoms with Crippen LogP contribution in [0.15, 0.2) is 30.3 Å².